The second-order valence-electron chi connectivity index (χ2n) is 11.6. The summed E-state index contributed by atoms with van der Waals surface area (Å²) in [5, 5.41) is 3.31. The molecule has 1 N–H and O–H groups in total. The first-order valence-corrected chi connectivity index (χ1v) is 13.6. The zero-order valence-electron chi connectivity index (χ0n) is 19.6. The SMILES string of the molecule is CC(C)(CCC1CCC(O[Si](C)(C)C(C)(C)C)CC1)NC(=O)OC(C)(C)C. The van der Waals surface area contributed by atoms with Gasteiger partial charge in [0.15, 0.2) is 8.32 Å². The highest BCUT2D eigenvalue weighted by atomic mass is 28.4. The van der Waals surface area contributed by atoms with E-state index in [1.165, 1.54) is 25.7 Å². The minimum atomic E-state index is -1.66. The van der Waals surface area contributed by atoms with Gasteiger partial charge in [0.05, 0.1) is 0 Å². The van der Waals surface area contributed by atoms with E-state index in [0.717, 1.165) is 18.8 Å². The molecule has 1 saturated carbocycles. The van der Waals surface area contributed by atoms with Crippen molar-refractivity contribution in [3.8, 4) is 0 Å². The molecular formula is C22H45NO3Si. The van der Waals surface area contributed by atoms with Crippen LogP contribution in [0, 0.1) is 5.92 Å². The van der Waals surface area contributed by atoms with Crippen molar-refractivity contribution in [1.29, 1.82) is 0 Å². The molecule has 0 spiro atoms. The Morgan fingerprint density at radius 1 is 0.963 bits per heavy atom. The van der Waals surface area contributed by atoms with Crippen molar-refractivity contribution in [1.82, 2.24) is 5.32 Å². The van der Waals surface area contributed by atoms with Gasteiger partial charge in [-0.05, 0) is 97.2 Å². The summed E-state index contributed by atoms with van der Waals surface area (Å²) < 4.78 is 12.0. The quantitative estimate of drug-likeness (QED) is 0.509. The third kappa shape index (κ3) is 8.99. The van der Waals surface area contributed by atoms with Crippen LogP contribution in [0.1, 0.15) is 93.9 Å². The Morgan fingerprint density at radius 3 is 1.93 bits per heavy atom. The van der Waals surface area contributed by atoms with Crippen molar-refractivity contribution < 1.29 is 14.0 Å². The molecule has 0 aromatic rings. The first-order chi connectivity index (χ1) is 12.0. The van der Waals surface area contributed by atoms with Crippen molar-refractivity contribution in [3.63, 3.8) is 0 Å². The monoisotopic (exact) mass is 399 g/mol. The van der Waals surface area contributed by atoms with Gasteiger partial charge in [-0.3, -0.25) is 0 Å². The van der Waals surface area contributed by atoms with E-state index in [1.807, 2.05) is 20.8 Å². The van der Waals surface area contributed by atoms with E-state index < -0.39 is 13.9 Å². The van der Waals surface area contributed by atoms with Crippen molar-refractivity contribution in [2.45, 2.75) is 129 Å². The molecule has 1 aliphatic carbocycles. The Kier molecular flexibility index (Phi) is 8.03. The predicted octanol–water partition coefficient (Wildman–Crippen LogP) is 6.65. The predicted molar refractivity (Wildman–Crippen MR) is 117 cm³/mol. The van der Waals surface area contributed by atoms with Crippen LogP contribution in [0.15, 0.2) is 0 Å². The lowest BCUT2D eigenvalue weighted by molar-refractivity contribution is 0.0461. The number of nitrogens with one attached hydrogen (secondary N) is 1. The van der Waals surface area contributed by atoms with Crippen molar-refractivity contribution in [3.05, 3.63) is 0 Å². The highest BCUT2D eigenvalue weighted by molar-refractivity contribution is 6.74. The Morgan fingerprint density at radius 2 is 1.48 bits per heavy atom. The van der Waals surface area contributed by atoms with Crippen LogP contribution in [0.3, 0.4) is 0 Å². The van der Waals surface area contributed by atoms with Gasteiger partial charge in [-0.1, -0.05) is 20.8 Å². The van der Waals surface area contributed by atoms with Crippen molar-refractivity contribution >= 4 is 14.4 Å². The molecule has 0 bridgehead atoms. The van der Waals surface area contributed by atoms with Crippen LogP contribution in [-0.2, 0) is 9.16 Å². The summed E-state index contributed by atoms with van der Waals surface area (Å²) in [4.78, 5) is 12.0. The van der Waals surface area contributed by atoms with Gasteiger partial charge >= 0.3 is 6.09 Å². The lowest BCUT2D eigenvalue weighted by Crippen LogP contribution is -2.46. The van der Waals surface area contributed by atoms with Gasteiger partial charge in [0.2, 0.25) is 0 Å². The number of carbonyl (C=O) groups is 1. The fourth-order valence-corrected chi connectivity index (χ4v) is 4.76. The van der Waals surface area contributed by atoms with Gasteiger partial charge in [-0.25, -0.2) is 4.79 Å². The molecule has 0 atom stereocenters. The van der Waals surface area contributed by atoms with Gasteiger partial charge in [0.25, 0.3) is 0 Å². The number of alkyl carbamates (subject to hydrolysis) is 1. The van der Waals surface area contributed by atoms with Crippen LogP contribution < -0.4 is 5.32 Å². The number of rotatable bonds is 6. The molecule has 1 aliphatic rings. The third-order valence-electron chi connectivity index (χ3n) is 6.08. The topological polar surface area (TPSA) is 47.6 Å². The molecule has 0 saturated heterocycles. The number of hydrogen-bond acceptors (Lipinski definition) is 3. The maximum absolute atomic E-state index is 12.0. The molecule has 0 aromatic carbocycles. The van der Waals surface area contributed by atoms with Crippen LogP contribution in [0.4, 0.5) is 4.79 Å². The molecule has 0 heterocycles. The van der Waals surface area contributed by atoms with Crippen LogP contribution in [0.2, 0.25) is 18.1 Å². The normalized spacial score (nSPS) is 22.4. The summed E-state index contributed by atoms with van der Waals surface area (Å²) in [6, 6.07) is 0. The van der Waals surface area contributed by atoms with Crippen LogP contribution >= 0.6 is 0 Å². The summed E-state index contributed by atoms with van der Waals surface area (Å²) in [5.41, 5.74) is -0.695. The van der Waals surface area contributed by atoms with E-state index >= 15 is 0 Å². The molecule has 5 heteroatoms. The van der Waals surface area contributed by atoms with Gasteiger partial charge < -0.3 is 14.5 Å². The molecular weight excluding hydrogens is 354 g/mol. The summed E-state index contributed by atoms with van der Waals surface area (Å²) in [5.74, 6) is 0.740. The first kappa shape index (κ1) is 24.5. The second-order valence-corrected chi connectivity index (χ2v) is 16.3. The molecule has 1 fully saturated rings. The molecule has 0 aromatic heterocycles. The number of ether oxygens (including phenoxy) is 1. The number of carbonyl (C=O) groups excluding carboxylic acids is 1. The average molecular weight is 400 g/mol. The van der Waals surface area contributed by atoms with Crippen LogP contribution in [0.25, 0.3) is 0 Å². The fraction of sp³-hybridized carbons (Fsp3) is 0.955. The number of amides is 1. The third-order valence-corrected chi connectivity index (χ3v) is 10.6. The van der Waals surface area contributed by atoms with Gasteiger partial charge in [0, 0.05) is 11.6 Å². The summed E-state index contributed by atoms with van der Waals surface area (Å²) in [6.45, 7) is 21.5. The van der Waals surface area contributed by atoms with E-state index in [4.69, 9.17) is 9.16 Å². The van der Waals surface area contributed by atoms with Gasteiger partial charge in [0.1, 0.15) is 5.60 Å². The number of hydrogen-bond donors (Lipinski definition) is 1. The summed E-state index contributed by atoms with van der Waals surface area (Å²) >= 11 is 0. The maximum atomic E-state index is 12.0. The summed E-state index contributed by atoms with van der Waals surface area (Å²) in [7, 11) is -1.66. The molecule has 1 amide bonds. The minimum Gasteiger partial charge on any atom is -0.444 e. The highest BCUT2D eigenvalue weighted by Gasteiger charge is 2.39. The van der Waals surface area contributed by atoms with E-state index in [9.17, 15) is 4.79 Å². The standard InChI is InChI=1S/C22H45NO3Si/c1-20(2,3)25-19(24)23-22(7,8)16-15-17-11-13-18(14-12-17)26-27(9,10)21(4,5)6/h17-18H,11-16H2,1-10H3,(H,23,24). The molecule has 1 rings (SSSR count). The first-order valence-electron chi connectivity index (χ1n) is 10.7. The lowest BCUT2D eigenvalue weighted by atomic mass is 9.82. The van der Waals surface area contributed by atoms with Crippen molar-refractivity contribution in [2.75, 3.05) is 0 Å². The fourth-order valence-electron chi connectivity index (χ4n) is 3.34. The average Bonchev–Trinajstić information content (AvgIpc) is 2.42. The van der Waals surface area contributed by atoms with Crippen LogP contribution in [0.5, 0.6) is 0 Å². The Hall–Kier alpha value is -0.553. The zero-order valence-corrected chi connectivity index (χ0v) is 20.6. The van der Waals surface area contributed by atoms with E-state index in [0.29, 0.717) is 6.10 Å². The van der Waals surface area contributed by atoms with E-state index in [-0.39, 0.29) is 16.7 Å². The second kappa shape index (κ2) is 8.85. The lowest BCUT2D eigenvalue weighted by Gasteiger charge is -2.41. The minimum absolute atomic E-state index is 0.239. The molecule has 27 heavy (non-hydrogen) atoms. The largest absolute Gasteiger partial charge is 0.444 e. The summed E-state index contributed by atoms with van der Waals surface area (Å²) in [6.07, 6.45) is 7.08. The molecule has 4 nitrogen and oxygen atoms in total. The van der Waals surface area contributed by atoms with Gasteiger partial charge in [-0.2, -0.15) is 0 Å². The smallest absolute Gasteiger partial charge is 0.408 e. The van der Waals surface area contributed by atoms with Crippen molar-refractivity contribution in [2.24, 2.45) is 5.92 Å². The van der Waals surface area contributed by atoms with E-state index in [2.05, 4.69) is 53.0 Å². The maximum Gasteiger partial charge on any atom is 0.408 e. The Labute approximate surface area is 169 Å². The Bertz CT molecular complexity index is 481. The van der Waals surface area contributed by atoms with Gasteiger partial charge in [-0.15, -0.1) is 0 Å². The molecule has 0 unspecified atom stereocenters. The highest BCUT2D eigenvalue weighted by Crippen LogP contribution is 2.40. The zero-order chi connectivity index (χ0) is 21.1. The van der Waals surface area contributed by atoms with E-state index in [1.54, 1.807) is 0 Å². The van der Waals surface area contributed by atoms with Crippen LogP contribution in [-0.4, -0.2) is 31.7 Å². The molecule has 0 radical (unpaired) electrons. The Balaban J connectivity index is 2.39. The molecule has 0 aliphatic heterocycles. The molecule has 160 valence electrons.